The number of hydrogen-bond acceptors (Lipinski definition) is 5. The van der Waals surface area contributed by atoms with E-state index in [4.69, 9.17) is 4.74 Å². The Morgan fingerprint density at radius 3 is 2.63 bits per heavy atom. The van der Waals surface area contributed by atoms with E-state index in [1.165, 1.54) is 41.7 Å². The Labute approximate surface area is 177 Å². The standard InChI is InChI=1S/C22H20FN3O3S/c23-17-7-9-19(10-8-17)29-13-12-24-21(28)14-18-15-30-22(25-18)26-20(27)11-6-16-4-2-1-3-5-16/h1-11,15H,12-14H2,(H,24,28)(H,25,26,27)/b11-6+. The third kappa shape index (κ3) is 7.14. The number of nitrogens with one attached hydrogen (secondary N) is 2. The van der Waals surface area contributed by atoms with Crippen molar-refractivity contribution in [3.05, 3.63) is 83.1 Å². The Morgan fingerprint density at radius 1 is 1.10 bits per heavy atom. The van der Waals surface area contributed by atoms with Crippen LogP contribution in [0.1, 0.15) is 11.3 Å². The minimum Gasteiger partial charge on any atom is -0.492 e. The van der Waals surface area contributed by atoms with Gasteiger partial charge >= 0.3 is 0 Å². The summed E-state index contributed by atoms with van der Waals surface area (Å²) < 4.78 is 18.2. The number of benzene rings is 2. The maximum atomic E-state index is 12.8. The van der Waals surface area contributed by atoms with E-state index in [0.717, 1.165) is 5.56 Å². The molecule has 0 saturated carbocycles. The Bertz CT molecular complexity index is 1000. The molecule has 0 aliphatic carbocycles. The highest BCUT2D eigenvalue weighted by molar-refractivity contribution is 7.14. The molecule has 0 aliphatic rings. The molecule has 8 heteroatoms. The molecule has 6 nitrogen and oxygen atoms in total. The summed E-state index contributed by atoms with van der Waals surface area (Å²) in [6.45, 7) is 0.581. The zero-order chi connectivity index (χ0) is 21.2. The number of thiazole rings is 1. The monoisotopic (exact) mass is 425 g/mol. The molecule has 30 heavy (non-hydrogen) atoms. The maximum Gasteiger partial charge on any atom is 0.250 e. The van der Waals surface area contributed by atoms with Crippen LogP contribution in [-0.2, 0) is 16.0 Å². The SMILES string of the molecule is O=C(/C=C/c1ccccc1)Nc1nc(CC(=O)NCCOc2ccc(F)cc2)cs1. The van der Waals surface area contributed by atoms with Gasteiger partial charge in [-0.25, -0.2) is 9.37 Å². The Balaban J connectivity index is 1.37. The van der Waals surface area contributed by atoms with E-state index in [1.807, 2.05) is 30.3 Å². The molecule has 1 heterocycles. The molecule has 0 spiro atoms. The minimum atomic E-state index is -0.332. The third-order valence-electron chi connectivity index (χ3n) is 3.86. The lowest BCUT2D eigenvalue weighted by atomic mass is 10.2. The number of rotatable bonds is 9. The first kappa shape index (κ1) is 21.2. The number of amides is 2. The second-order valence-corrected chi connectivity index (χ2v) is 7.06. The van der Waals surface area contributed by atoms with Crippen molar-refractivity contribution in [3.8, 4) is 5.75 Å². The largest absolute Gasteiger partial charge is 0.492 e. The normalized spacial score (nSPS) is 10.7. The number of carbonyl (C=O) groups is 2. The van der Waals surface area contributed by atoms with Crippen LogP contribution in [0.25, 0.3) is 6.08 Å². The molecule has 0 atom stereocenters. The number of carbonyl (C=O) groups excluding carboxylic acids is 2. The van der Waals surface area contributed by atoms with Crippen LogP contribution < -0.4 is 15.4 Å². The predicted molar refractivity (Wildman–Crippen MR) is 115 cm³/mol. The van der Waals surface area contributed by atoms with Gasteiger partial charge in [0.2, 0.25) is 11.8 Å². The summed E-state index contributed by atoms with van der Waals surface area (Å²) in [4.78, 5) is 28.2. The molecule has 1 aromatic heterocycles. The van der Waals surface area contributed by atoms with Crippen molar-refractivity contribution >= 4 is 34.4 Å². The topological polar surface area (TPSA) is 80.3 Å². The highest BCUT2D eigenvalue weighted by atomic mass is 32.1. The quantitative estimate of drug-likeness (QED) is 0.405. The number of nitrogens with zero attached hydrogens (tertiary/aromatic N) is 1. The Kier molecular flexibility index (Phi) is 7.68. The van der Waals surface area contributed by atoms with Crippen LogP contribution in [0, 0.1) is 5.82 Å². The molecule has 0 aliphatic heterocycles. The molecule has 2 aromatic carbocycles. The van der Waals surface area contributed by atoms with Crippen LogP contribution in [0.2, 0.25) is 0 Å². The first-order valence-electron chi connectivity index (χ1n) is 9.22. The van der Waals surface area contributed by atoms with Gasteiger partial charge < -0.3 is 10.1 Å². The Morgan fingerprint density at radius 2 is 1.87 bits per heavy atom. The summed E-state index contributed by atoms with van der Waals surface area (Å²) in [6, 6.07) is 15.2. The molecule has 154 valence electrons. The van der Waals surface area contributed by atoms with Gasteiger partial charge in [0.25, 0.3) is 0 Å². The van der Waals surface area contributed by atoms with E-state index in [9.17, 15) is 14.0 Å². The maximum absolute atomic E-state index is 12.8. The highest BCUT2D eigenvalue weighted by Crippen LogP contribution is 2.16. The highest BCUT2D eigenvalue weighted by Gasteiger charge is 2.09. The van der Waals surface area contributed by atoms with Gasteiger partial charge in [0, 0.05) is 11.5 Å². The van der Waals surface area contributed by atoms with E-state index in [0.29, 0.717) is 23.1 Å². The van der Waals surface area contributed by atoms with Crippen LogP contribution in [0.5, 0.6) is 5.75 Å². The van der Waals surface area contributed by atoms with E-state index < -0.39 is 0 Å². The molecule has 0 fully saturated rings. The fourth-order valence-electron chi connectivity index (χ4n) is 2.45. The molecule has 0 unspecified atom stereocenters. The average Bonchev–Trinajstić information content (AvgIpc) is 3.18. The van der Waals surface area contributed by atoms with Crippen LogP contribution >= 0.6 is 11.3 Å². The first-order chi connectivity index (χ1) is 14.6. The molecule has 3 rings (SSSR count). The number of ether oxygens (including phenoxy) is 1. The molecular formula is C22H20FN3O3S. The van der Waals surface area contributed by atoms with Gasteiger partial charge in [0.15, 0.2) is 5.13 Å². The molecule has 2 N–H and O–H groups in total. The van der Waals surface area contributed by atoms with Crippen molar-refractivity contribution in [1.82, 2.24) is 10.3 Å². The van der Waals surface area contributed by atoms with Gasteiger partial charge in [-0.15, -0.1) is 11.3 Å². The van der Waals surface area contributed by atoms with Gasteiger partial charge in [-0.3, -0.25) is 14.9 Å². The number of hydrogen-bond donors (Lipinski definition) is 2. The molecule has 0 bridgehead atoms. The van der Waals surface area contributed by atoms with Crippen molar-refractivity contribution < 1.29 is 18.7 Å². The first-order valence-corrected chi connectivity index (χ1v) is 10.1. The summed E-state index contributed by atoms with van der Waals surface area (Å²) in [5.74, 6) is -0.291. The zero-order valence-electron chi connectivity index (χ0n) is 16.0. The summed E-state index contributed by atoms with van der Waals surface area (Å²) in [7, 11) is 0. The van der Waals surface area contributed by atoms with Crippen molar-refractivity contribution in [2.45, 2.75) is 6.42 Å². The molecular weight excluding hydrogens is 405 g/mol. The van der Waals surface area contributed by atoms with E-state index in [-0.39, 0.29) is 30.7 Å². The van der Waals surface area contributed by atoms with Gasteiger partial charge in [0.1, 0.15) is 18.2 Å². The average molecular weight is 425 g/mol. The van der Waals surface area contributed by atoms with Crippen LogP contribution in [0.15, 0.2) is 66.1 Å². The van der Waals surface area contributed by atoms with Crippen LogP contribution in [0.3, 0.4) is 0 Å². The number of aromatic nitrogens is 1. The van der Waals surface area contributed by atoms with Crippen molar-refractivity contribution in [2.75, 3.05) is 18.5 Å². The lowest BCUT2D eigenvalue weighted by molar-refractivity contribution is -0.120. The van der Waals surface area contributed by atoms with Gasteiger partial charge in [-0.1, -0.05) is 30.3 Å². The van der Waals surface area contributed by atoms with Crippen molar-refractivity contribution in [1.29, 1.82) is 0 Å². The molecule has 3 aromatic rings. The summed E-state index contributed by atoms with van der Waals surface area (Å²) in [5, 5.41) is 7.57. The molecule has 2 amide bonds. The summed E-state index contributed by atoms with van der Waals surface area (Å²) >= 11 is 1.26. The van der Waals surface area contributed by atoms with Gasteiger partial charge in [-0.05, 0) is 35.9 Å². The second-order valence-electron chi connectivity index (χ2n) is 6.21. The molecule has 0 saturated heterocycles. The smallest absolute Gasteiger partial charge is 0.250 e. The molecule has 0 radical (unpaired) electrons. The lowest BCUT2D eigenvalue weighted by Gasteiger charge is -2.07. The van der Waals surface area contributed by atoms with Gasteiger partial charge in [0.05, 0.1) is 18.7 Å². The fraction of sp³-hybridized carbons (Fsp3) is 0.136. The fourth-order valence-corrected chi connectivity index (χ4v) is 3.16. The van der Waals surface area contributed by atoms with E-state index >= 15 is 0 Å². The van der Waals surface area contributed by atoms with Crippen molar-refractivity contribution in [2.24, 2.45) is 0 Å². The zero-order valence-corrected chi connectivity index (χ0v) is 16.8. The minimum absolute atomic E-state index is 0.1000. The summed E-state index contributed by atoms with van der Waals surface area (Å²) in [6.07, 6.45) is 3.25. The van der Waals surface area contributed by atoms with Crippen molar-refractivity contribution in [3.63, 3.8) is 0 Å². The summed E-state index contributed by atoms with van der Waals surface area (Å²) in [5.41, 5.74) is 1.49. The second kappa shape index (κ2) is 10.9. The number of halogens is 1. The lowest BCUT2D eigenvalue weighted by Crippen LogP contribution is -2.29. The number of anilines is 1. The third-order valence-corrected chi connectivity index (χ3v) is 4.66. The van der Waals surface area contributed by atoms with E-state index in [1.54, 1.807) is 11.5 Å². The van der Waals surface area contributed by atoms with E-state index in [2.05, 4.69) is 15.6 Å². The van der Waals surface area contributed by atoms with Gasteiger partial charge in [-0.2, -0.15) is 0 Å². The predicted octanol–water partition coefficient (Wildman–Crippen LogP) is 3.67. The van der Waals surface area contributed by atoms with Crippen LogP contribution in [0.4, 0.5) is 9.52 Å². The van der Waals surface area contributed by atoms with Crippen LogP contribution in [-0.4, -0.2) is 29.9 Å². The Hall–Kier alpha value is -3.52.